The Hall–Kier alpha value is -3.68. The van der Waals surface area contributed by atoms with Crippen LogP contribution in [0.15, 0.2) is 30.5 Å². The summed E-state index contributed by atoms with van der Waals surface area (Å²) in [5, 5.41) is 13.2. The Morgan fingerprint density at radius 2 is 1.78 bits per heavy atom. The first-order chi connectivity index (χ1) is 23.5. The summed E-state index contributed by atoms with van der Waals surface area (Å²) < 4.78 is 22.8. The lowest BCUT2D eigenvalue weighted by Gasteiger charge is -2.55. The Bertz CT molecular complexity index is 1540. The van der Waals surface area contributed by atoms with Crippen molar-refractivity contribution in [2.45, 2.75) is 95.1 Å². The van der Waals surface area contributed by atoms with Gasteiger partial charge >= 0.3 is 0 Å². The van der Waals surface area contributed by atoms with Crippen molar-refractivity contribution < 1.29 is 28.3 Å². The first-order valence-corrected chi connectivity index (χ1v) is 17.7. The molecule has 13 heteroatoms. The minimum Gasteiger partial charge on any atom is -0.370 e. The molecule has 12 nitrogen and oxygen atoms in total. The normalized spacial score (nSPS) is 23.6. The van der Waals surface area contributed by atoms with Crippen LogP contribution in [0.1, 0.15) is 74.8 Å². The molecular weight excluding hydrogens is 629 g/mol. The molecule has 3 aliphatic heterocycles. The minimum atomic E-state index is -1.14. The molecule has 5 aliphatic rings. The number of carbonyl (C=O) groups excluding carboxylic acids is 4. The zero-order chi connectivity index (χ0) is 35.0. The second-order valence-electron chi connectivity index (χ2n) is 14.7. The van der Waals surface area contributed by atoms with Gasteiger partial charge in [-0.15, -0.1) is 0 Å². The van der Waals surface area contributed by atoms with E-state index in [1.54, 1.807) is 29.9 Å². The van der Waals surface area contributed by atoms with Gasteiger partial charge in [-0.1, -0.05) is 13.0 Å². The highest BCUT2D eigenvalue weighted by Gasteiger charge is 2.49. The summed E-state index contributed by atoms with van der Waals surface area (Å²) in [6.45, 7) is 7.24. The molecule has 6 atom stereocenters. The molecule has 0 unspecified atom stereocenters. The Balaban J connectivity index is 1.20. The van der Waals surface area contributed by atoms with Crippen molar-refractivity contribution in [3.8, 4) is 0 Å². The highest BCUT2D eigenvalue weighted by molar-refractivity contribution is 6.01. The van der Waals surface area contributed by atoms with E-state index in [2.05, 4.69) is 33.0 Å². The van der Waals surface area contributed by atoms with Gasteiger partial charge in [0.15, 0.2) is 6.29 Å². The number of aromatic nitrogens is 2. The zero-order valence-corrected chi connectivity index (χ0v) is 29.2. The number of anilines is 1. The Morgan fingerprint density at radius 1 is 1.10 bits per heavy atom. The molecule has 3 saturated heterocycles. The number of ether oxygens (including phenoxy) is 1. The number of halogens is 1. The average molecular weight is 680 g/mol. The average Bonchev–Trinajstić information content (AvgIpc) is 4.07. The fraction of sp³-hybridized carbons (Fsp3) is 0.639. The van der Waals surface area contributed by atoms with E-state index in [9.17, 15) is 19.2 Å². The number of piperidine rings is 1. The van der Waals surface area contributed by atoms with Gasteiger partial charge in [-0.3, -0.25) is 24.0 Å². The van der Waals surface area contributed by atoms with Gasteiger partial charge in [0.05, 0.1) is 11.7 Å². The molecule has 49 heavy (non-hydrogen) atoms. The Morgan fingerprint density at radius 3 is 2.33 bits per heavy atom. The van der Waals surface area contributed by atoms with Gasteiger partial charge in [0.1, 0.15) is 23.2 Å². The molecule has 1 aromatic carbocycles. The molecule has 0 radical (unpaired) electrons. The number of likely N-dealkylation sites (N-methyl/N-ethyl adjacent to an activating group) is 1. The summed E-state index contributed by atoms with van der Waals surface area (Å²) in [7, 11) is 3.52. The summed E-state index contributed by atoms with van der Waals surface area (Å²) >= 11 is 0. The van der Waals surface area contributed by atoms with Crippen LogP contribution >= 0.6 is 0 Å². The number of amides is 3. The summed E-state index contributed by atoms with van der Waals surface area (Å²) in [6, 6.07) is 5.29. The van der Waals surface area contributed by atoms with Crippen molar-refractivity contribution >= 4 is 29.7 Å². The number of methoxy groups -OCH3 is 1. The molecule has 3 N–H and O–H groups in total. The lowest BCUT2D eigenvalue weighted by Crippen LogP contribution is -2.69. The molecule has 266 valence electrons. The number of carbonyl (C=O) groups is 4. The lowest BCUT2D eigenvalue weighted by atomic mass is 9.86. The molecule has 7 rings (SSSR count). The van der Waals surface area contributed by atoms with Crippen LogP contribution < -0.4 is 16.0 Å². The predicted molar refractivity (Wildman–Crippen MR) is 181 cm³/mol. The number of aldehydes is 1. The van der Waals surface area contributed by atoms with Crippen molar-refractivity contribution in [1.29, 1.82) is 0 Å². The van der Waals surface area contributed by atoms with Crippen LogP contribution in [0.3, 0.4) is 0 Å². The molecule has 4 heterocycles. The quantitative estimate of drug-likeness (QED) is 0.231. The number of hydrogen-bond acceptors (Lipinski definition) is 8. The van der Waals surface area contributed by atoms with Crippen LogP contribution in [0, 0.1) is 23.6 Å². The summed E-state index contributed by atoms with van der Waals surface area (Å²) in [6.07, 6.45) is 7.37. The van der Waals surface area contributed by atoms with Gasteiger partial charge in [-0.05, 0) is 94.5 Å². The lowest BCUT2D eigenvalue weighted by molar-refractivity contribution is -0.145. The van der Waals surface area contributed by atoms with Crippen molar-refractivity contribution in [1.82, 2.24) is 30.2 Å². The smallest absolute Gasteiger partial charge is 0.270 e. The highest BCUT2D eigenvalue weighted by atomic mass is 19.1. The van der Waals surface area contributed by atoms with Crippen molar-refractivity contribution in [3.63, 3.8) is 0 Å². The third-order valence-electron chi connectivity index (χ3n) is 11.3. The van der Waals surface area contributed by atoms with Crippen LogP contribution in [-0.2, 0) is 25.7 Å². The van der Waals surface area contributed by atoms with E-state index >= 15 is 4.39 Å². The van der Waals surface area contributed by atoms with E-state index in [0.29, 0.717) is 61.1 Å². The maximum atomic E-state index is 15.9. The molecule has 2 aliphatic carbocycles. The van der Waals surface area contributed by atoms with Crippen molar-refractivity contribution in [3.05, 3.63) is 47.5 Å². The number of benzene rings is 1. The van der Waals surface area contributed by atoms with Crippen LogP contribution in [0.25, 0.3) is 0 Å². The van der Waals surface area contributed by atoms with Crippen LogP contribution in [-0.4, -0.2) is 107 Å². The molecule has 1 aromatic heterocycles. The van der Waals surface area contributed by atoms with Crippen molar-refractivity contribution in [2.75, 3.05) is 39.1 Å². The van der Waals surface area contributed by atoms with Gasteiger partial charge in [0, 0.05) is 57.5 Å². The second kappa shape index (κ2) is 14.3. The molecule has 0 spiro atoms. The maximum absolute atomic E-state index is 15.9. The number of nitrogens with one attached hydrogen (secondary N) is 3. The number of hydrogen-bond donors (Lipinski definition) is 3. The van der Waals surface area contributed by atoms with E-state index in [1.165, 1.54) is 19.2 Å². The fourth-order valence-corrected chi connectivity index (χ4v) is 7.67. The van der Waals surface area contributed by atoms with Gasteiger partial charge in [-0.25, -0.2) is 4.39 Å². The Kier molecular flexibility index (Phi) is 10.2. The molecule has 2 aromatic rings. The highest BCUT2D eigenvalue weighted by Crippen LogP contribution is 2.51. The van der Waals surface area contributed by atoms with Gasteiger partial charge in [0.2, 0.25) is 11.8 Å². The Labute approximate surface area is 287 Å². The van der Waals surface area contributed by atoms with E-state index in [-0.39, 0.29) is 30.0 Å². The monoisotopic (exact) mass is 679 g/mol. The first-order valence-electron chi connectivity index (χ1n) is 17.7. The molecule has 2 saturated carbocycles. The second-order valence-corrected chi connectivity index (χ2v) is 14.7. The van der Waals surface area contributed by atoms with Crippen molar-refractivity contribution in [2.24, 2.45) is 17.8 Å². The third kappa shape index (κ3) is 7.44. The largest absolute Gasteiger partial charge is 0.370 e. The van der Waals surface area contributed by atoms with Crippen LogP contribution in [0.4, 0.5) is 10.1 Å². The zero-order valence-electron chi connectivity index (χ0n) is 29.2. The number of piperazine rings is 1. The van der Waals surface area contributed by atoms with Crippen LogP contribution in [0.2, 0.25) is 0 Å². The first kappa shape index (κ1) is 35.2. The molecule has 5 fully saturated rings. The fourth-order valence-electron chi connectivity index (χ4n) is 7.67. The van der Waals surface area contributed by atoms with Crippen LogP contribution in [0.5, 0.6) is 0 Å². The van der Waals surface area contributed by atoms with Gasteiger partial charge < -0.3 is 30.4 Å². The predicted octanol–water partition coefficient (Wildman–Crippen LogP) is 2.80. The number of fused-ring (bicyclic) bond motifs is 2. The minimum absolute atomic E-state index is 0.00652. The standard InChI is InChI=1S/C36H50FN7O5/c1-6-44-29(13-14-39-44)33(46)41-32(30(22-7-8-22)23-9-10-23)34(47)40-28-12-11-24(15-27(28)37)21(2)31(38-19-36(3,20-45)49-5)35(48)43-17-25-16-26(18-43)42(25)4/h11-15,20-23,25-26,30-32,38H,6-10,16-19H2,1-5H3,(H,40,47)(H,41,46)/t21-,25-,26+,31+,32-,36-/m0/s1. The van der Waals surface area contributed by atoms with E-state index in [0.717, 1.165) is 32.1 Å². The summed E-state index contributed by atoms with van der Waals surface area (Å²) in [4.78, 5) is 57.2. The van der Waals surface area contributed by atoms with E-state index in [1.807, 2.05) is 18.7 Å². The third-order valence-corrected chi connectivity index (χ3v) is 11.3. The van der Waals surface area contributed by atoms with Gasteiger partial charge in [0.25, 0.3) is 5.91 Å². The summed E-state index contributed by atoms with van der Waals surface area (Å²) in [5.74, 6) is -1.37. The molecule has 3 amide bonds. The number of nitrogens with zero attached hydrogens (tertiary/aromatic N) is 4. The van der Waals surface area contributed by atoms with E-state index in [4.69, 9.17) is 4.74 Å². The molecular formula is C36H50FN7O5. The number of aryl methyl sites for hydroxylation is 1. The van der Waals surface area contributed by atoms with E-state index < -0.39 is 35.3 Å². The topological polar surface area (TPSA) is 138 Å². The number of rotatable bonds is 16. The van der Waals surface area contributed by atoms with Gasteiger partial charge in [-0.2, -0.15) is 5.10 Å². The summed E-state index contributed by atoms with van der Waals surface area (Å²) in [5.41, 5.74) is -0.187. The molecule has 2 bridgehead atoms. The maximum Gasteiger partial charge on any atom is 0.270 e. The SMILES string of the molecule is CCn1nccc1C(=O)N[C@H](C(=O)Nc1ccc([C@H](C)[C@@H](NC[C@@](C)(C=O)OC)C(=O)N2C[C@H]3C[C@@H](C2)N3C)cc1F)C(C1CC1)C1CC1.